The molecule has 0 bridgehead atoms. The minimum Gasteiger partial charge on any atom is -0.426 e. The number of ether oxygens (including phenoxy) is 1. The zero-order chi connectivity index (χ0) is 19.2. The summed E-state index contributed by atoms with van der Waals surface area (Å²) in [5.41, 5.74) is -1.36. The molecule has 0 heterocycles. The van der Waals surface area contributed by atoms with Crippen LogP contribution >= 0.6 is 0 Å². The lowest BCUT2D eigenvalue weighted by molar-refractivity contribution is -0.140. The van der Waals surface area contributed by atoms with E-state index in [9.17, 15) is 22.4 Å². The third-order valence-electron chi connectivity index (χ3n) is 5.17. The van der Waals surface area contributed by atoms with Crippen molar-refractivity contribution in [3.8, 4) is 5.75 Å². The van der Waals surface area contributed by atoms with Crippen LogP contribution in [0.1, 0.15) is 70.3 Å². The summed E-state index contributed by atoms with van der Waals surface area (Å²) in [4.78, 5) is 11.9. The van der Waals surface area contributed by atoms with Gasteiger partial charge in [-0.3, -0.25) is 4.79 Å². The molecule has 1 aliphatic rings. The minimum absolute atomic E-state index is 0.191. The van der Waals surface area contributed by atoms with Gasteiger partial charge in [-0.15, -0.1) is 0 Å². The highest BCUT2D eigenvalue weighted by Crippen LogP contribution is 2.35. The number of alkyl halides is 3. The highest BCUT2D eigenvalue weighted by Gasteiger charge is 2.34. The average molecular weight is 374 g/mol. The fourth-order valence-electron chi connectivity index (χ4n) is 3.60. The van der Waals surface area contributed by atoms with Gasteiger partial charge in [-0.1, -0.05) is 51.9 Å². The van der Waals surface area contributed by atoms with Crippen molar-refractivity contribution in [2.75, 3.05) is 0 Å². The molecule has 2 nitrogen and oxygen atoms in total. The number of carbonyl (C=O) groups is 1. The van der Waals surface area contributed by atoms with Crippen LogP contribution in [0.4, 0.5) is 17.6 Å². The summed E-state index contributed by atoms with van der Waals surface area (Å²) in [6, 6.07) is 2.18. The summed E-state index contributed by atoms with van der Waals surface area (Å²) in [7, 11) is 0. The Labute approximate surface area is 151 Å². The average Bonchev–Trinajstić information content (AvgIpc) is 2.58. The van der Waals surface area contributed by atoms with Gasteiger partial charge < -0.3 is 4.74 Å². The Morgan fingerprint density at radius 2 is 1.73 bits per heavy atom. The second-order valence-electron chi connectivity index (χ2n) is 7.18. The first-order chi connectivity index (χ1) is 12.3. The van der Waals surface area contributed by atoms with Gasteiger partial charge in [0.2, 0.25) is 0 Å². The number of carbonyl (C=O) groups excluding carboxylic acids is 1. The van der Waals surface area contributed by atoms with E-state index < -0.39 is 23.5 Å². The van der Waals surface area contributed by atoms with E-state index in [0.717, 1.165) is 24.8 Å². The molecule has 1 aromatic rings. The fourth-order valence-corrected chi connectivity index (χ4v) is 3.60. The summed E-state index contributed by atoms with van der Waals surface area (Å²) in [6.07, 6.45) is 4.53. The lowest BCUT2D eigenvalue weighted by Crippen LogP contribution is -2.17. The molecule has 1 fully saturated rings. The monoisotopic (exact) mass is 374 g/mol. The van der Waals surface area contributed by atoms with Gasteiger partial charge in [0, 0.05) is 12.5 Å². The van der Waals surface area contributed by atoms with Crippen molar-refractivity contribution in [1.29, 1.82) is 0 Å². The highest BCUT2D eigenvalue weighted by atomic mass is 19.4. The molecule has 0 atom stereocenters. The van der Waals surface area contributed by atoms with E-state index in [1.165, 1.54) is 32.1 Å². The van der Waals surface area contributed by atoms with Crippen LogP contribution in [0.15, 0.2) is 18.2 Å². The number of rotatable bonds is 7. The summed E-state index contributed by atoms with van der Waals surface area (Å²) < 4.78 is 56.0. The summed E-state index contributed by atoms with van der Waals surface area (Å²) in [5.74, 6) is -0.868. The van der Waals surface area contributed by atoms with E-state index in [-0.39, 0.29) is 12.2 Å². The smallest absolute Gasteiger partial charge is 0.419 e. The maximum Gasteiger partial charge on any atom is 0.419 e. The molecular weight excluding hydrogens is 348 g/mol. The predicted molar refractivity (Wildman–Crippen MR) is 91.2 cm³/mol. The third kappa shape index (κ3) is 6.29. The molecule has 0 saturated heterocycles. The first-order valence-corrected chi connectivity index (χ1v) is 9.37. The van der Waals surface area contributed by atoms with Crippen LogP contribution in [0, 0.1) is 17.7 Å². The Balaban J connectivity index is 1.75. The molecule has 1 aromatic carbocycles. The Hall–Kier alpha value is -1.59. The molecule has 0 aliphatic heterocycles. The van der Waals surface area contributed by atoms with Gasteiger partial charge in [-0.25, -0.2) is 4.39 Å². The number of benzene rings is 1. The molecule has 6 heteroatoms. The second kappa shape index (κ2) is 9.38. The summed E-state index contributed by atoms with van der Waals surface area (Å²) in [5, 5.41) is 0. The van der Waals surface area contributed by atoms with Crippen LogP contribution in [-0.2, 0) is 11.0 Å². The van der Waals surface area contributed by atoms with Gasteiger partial charge in [0.05, 0.1) is 5.56 Å². The lowest BCUT2D eigenvalue weighted by Gasteiger charge is -2.28. The number of esters is 1. The maximum atomic E-state index is 13.5. The summed E-state index contributed by atoms with van der Waals surface area (Å²) >= 11 is 0. The van der Waals surface area contributed by atoms with Gasteiger partial charge in [-0.05, 0) is 30.4 Å². The Bertz CT molecular complexity index is 590. The van der Waals surface area contributed by atoms with Crippen molar-refractivity contribution < 1.29 is 27.1 Å². The van der Waals surface area contributed by atoms with Crippen molar-refractivity contribution in [3.63, 3.8) is 0 Å². The Kier molecular flexibility index (Phi) is 7.47. The molecule has 1 aliphatic carbocycles. The molecular formula is C20H26F4O2. The van der Waals surface area contributed by atoms with E-state index in [1.807, 2.05) is 0 Å². The highest BCUT2D eigenvalue weighted by molar-refractivity contribution is 5.72. The second-order valence-corrected chi connectivity index (χ2v) is 7.18. The van der Waals surface area contributed by atoms with Gasteiger partial charge >= 0.3 is 12.1 Å². The zero-order valence-corrected chi connectivity index (χ0v) is 15.1. The van der Waals surface area contributed by atoms with Crippen LogP contribution < -0.4 is 4.74 Å². The van der Waals surface area contributed by atoms with Crippen LogP contribution in [0.3, 0.4) is 0 Å². The van der Waals surface area contributed by atoms with Crippen molar-refractivity contribution in [2.24, 2.45) is 11.8 Å². The molecule has 0 amide bonds. The number of hydrogen-bond acceptors (Lipinski definition) is 2. The van der Waals surface area contributed by atoms with Crippen LogP contribution in [0.5, 0.6) is 5.75 Å². The largest absolute Gasteiger partial charge is 0.426 e. The van der Waals surface area contributed by atoms with Crippen LogP contribution in [0.2, 0.25) is 0 Å². The molecule has 0 radical (unpaired) electrons. The van der Waals surface area contributed by atoms with E-state index in [0.29, 0.717) is 24.5 Å². The van der Waals surface area contributed by atoms with Crippen molar-refractivity contribution >= 4 is 5.97 Å². The van der Waals surface area contributed by atoms with E-state index in [4.69, 9.17) is 4.74 Å². The van der Waals surface area contributed by atoms with E-state index >= 15 is 0 Å². The normalized spacial score (nSPS) is 20.8. The van der Waals surface area contributed by atoms with Gasteiger partial charge in [-0.2, -0.15) is 13.2 Å². The lowest BCUT2D eigenvalue weighted by atomic mass is 9.78. The van der Waals surface area contributed by atoms with Gasteiger partial charge in [0.25, 0.3) is 0 Å². The van der Waals surface area contributed by atoms with Crippen molar-refractivity contribution in [3.05, 3.63) is 29.6 Å². The Morgan fingerprint density at radius 3 is 2.27 bits per heavy atom. The quantitative estimate of drug-likeness (QED) is 0.308. The van der Waals surface area contributed by atoms with Crippen molar-refractivity contribution in [1.82, 2.24) is 0 Å². The molecule has 2 rings (SSSR count). The molecule has 1 saturated carbocycles. The molecule has 0 spiro atoms. The molecule has 26 heavy (non-hydrogen) atoms. The van der Waals surface area contributed by atoms with Crippen LogP contribution in [-0.4, -0.2) is 5.97 Å². The third-order valence-corrected chi connectivity index (χ3v) is 5.17. The van der Waals surface area contributed by atoms with Gasteiger partial charge in [0.15, 0.2) is 0 Å². The standard InChI is InChI=1S/C20H26F4O2/c1-2-3-4-14-5-7-15(8-6-14)9-12-19(25)26-16-10-11-17(18(21)13-16)20(22,23)24/h10-11,13-15H,2-9,12H2,1H3/t14-,15-. The predicted octanol–water partition coefficient (Wildman–Crippen LogP) is 6.53. The number of halogens is 4. The molecule has 0 aromatic heterocycles. The van der Waals surface area contributed by atoms with Crippen LogP contribution in [0.25, 0.3) is 0 Å². The SMILES string of the molecule is CCCC[C@H]1CC[C@H](CCC(=O)Oc2ccc(C(F)(F)F)c(F)c2)CC1. The zero-order valence-electron chi connectivity index (χ0n) is 15.1. The van der Waals surface area contributed by atoms with Crippen molar-refractivity contribution in [2.45, 2.75) is 70.9 Å². The summed E-state index contributed by atoms with van der Waals surface area (Å²) in [6.45, 7) is 2.19. The number of unbranched alkanes of at least 4 members (excludes halogenated alkanes) is 1. The Morgan fingerprint density at radius 1 is 1.12 bits per heavy atom. The molecule has 0 N–H and O–H groups in total. The molecule has 146 valence electrons. The number of hydrogen-bond donors (Lipinski definition) is 0. The first kappa shape index (κ1) is 20.7. The van der Waals surface area contributed by atoms with Gasteiger partial charge in [0.1, 0.15) is 11.6 Å². The molecule has 0 unspecified atom stereocenters. The minimum atomic E-state index is -4.76. The van der Waals surface area contributed by atoms with E-state index in [2.05, 4.69) is 6.92 Å². The topological polar surface area (TPSA) is 26.3 Å². The first-order valence-electron chi connectivity index (χ1n) is 9.37. The fraction of sp³-hybridized carbons (Fsp3) is 0.650. The van der Waals surface area contributed by atoms with E-state index in [1.54, 1.807) is 0 Å². The maximum absolute atomic E-state index is 13.5.